The second-order valence-corrected chi connectivity index (χ2v) is 5.03. The van der Waals surface area contributed by atoms with E-state index in [1.807, 2.05) is 30.3 Å². The number of carbonyl (C=O) groups is 2. The summed E-state index contributed by atoms with van der Waals surface area (Å²) in [5, 5.41) is 6.72. The van der Waals surface area contributed by atoms with E-state index in [-0.39, 0.29) is 5.88 Å². The molecule has 3 amide bonds. The van der Waals surface area contributed by atoms with Gasteiger partial charge in [-0.3, -0.25) is 10.1 Å². The lowest BCUT2D eigenvalue weighted by Gasteiger charge is -2.07. The van der Waals surface area contributed by atoms with E-state index in [1.165, 1.54) is 0 Å². The first-order valence-corrected chi connectivity index (χ1v) is 6.77. The molecule has 19 heavy (non-hydrogen) atoms. The summed E-state index contributed by atoms with van der Waals surface area (Å²) in [6.45, 7) is 0. The lowest BCUT2D eigenvalue weighted by Crippen LogP contribution is -2.35. The van der Waals surface area contributed by atoms with Gasteiger partial charge in [0.05, 0.1) is 0 Å². The summed E-state index contributed by atoms with van der Waals surface area (Å²) in [4.78, 5) is 22.4. The first kappa shape index (κ1) is 13.8. The third-order valence-corrected chi connectivity index (χ3v) is 3.17. The molecule has 2 aromatic rings. The number of carbonyl (C=O) groups excluding carboxylic acids is 2. The van der Waals surface area contributed by atoms with Gasteiger partial charge in [-0.2, -0.15) is 0 Å². The van der Waals surface area contributed by atoms with Crippen LogP contribution >= 0.6 is 27.5 Å². The molecule has 4 nitrogen and oxygen atoms in total. The minimum atomic E-state index is -0.595. The molecule has 0 spiro atoms. The highest BCUT2D eigenvalue weighted by atomic mass is 79.9. The van der Waals surface area contributed by atoms with Gasteiger partial charge >= 0.3 is 6.03 Å². The van der Waals surface area contributed by atoms with Crippen LogP contribution in [0.2, 0.25) is 0 Å². The number of fused-ring (bicyclic) bond motifs is 1. The van der Waals surface area contributed by atoms with Crippen LogP contribution in [-0.2, 0) is 4.79 Å². The summed E-state index contributed by atoms with van der Waals surface area (Å²) in [5.74, 6) is -0.789. The Morgan fingerprint density at radius 3 is 2.53 bits per heavy atom. The van der Waals surface area contributed by atoms with Crippen LogP contribution in [0.5, 0.6) is 0 Å². The fourth-order valence-corrected chi connectivity index (χ4v) is 2.06. The van der Waals surface area contributed by atoms with Crippen molar-refractivity contribution < 1.29 is 9.59 Å². The van der Waals surface area contributed by atoms with Gasteiger partial charge in [0.25, 0.3) is 0 Å². The molecule has 0 saturated carbocycles. The predicted octanol–water partition coefficient (Wildman–Crippen LogP) is 3.49. The Labute approximate surface area is 123 Å². The Morgan fingerprint density at radius 1 is 1.11 bits per heavy atom. The average Bonchev–Trinajstić information content (AvgIpc) is 2.38. The first-order chi connectivity index (χ1) is 9.08. The summed E-state index contributed by atoms with van der Waals surface area (Å²) in [6.07, 6.45) is 0. The fraction of sp³-hybridized carbons (Fsp3) is 0.0769. The number of hydrogen-bond donors (Lipinski definition) is 2. The lowest BCUT2D eigenvalue weighted by atomic mass is 10.1. The SMILES string of the molecule is O=C(CCl)NC(=O)Nc1ccc2cc(Br)ccc2c1. The van der Waals surface area contributed by atoms with Crippen molar-refractivity contribution in [1.82, 2.24) is 5.32 Å². The Hall–Kier alpha value is -1.59. The molecule has 98 valence electrons. The predicted molar refractivity (Wildman–Crippen MR) is 79.5 cm³/mol. The average molecular weight is 342 g/mol. The molecule has 0 heterocycles. The third-order valence-electron chi connectivity index (χ3n) is 2.43. The summed E-state index contributed by atoms with van der Waals surface area (Å²) in [5.41, 5.74) is 0.606. The van der Waals surface area contributed by atoms with Gasteiger partial charge in [0.1, 0.15) is 5.88 Å². The van der Waals surface area contributed by atoms with Crippen molar-refractivity contribution in [3.8, 4) is 0 Å². The van der Waals surface area contributed by atoms with Crippen molar-refractivity contribution in [3.63, 3.8) is 0 Å². The summed E-state index contributed by atoms with van der Waals surface area (Å²) < 4.78 is 0.992. The number of anilines is 1. The molecule has 0 radical (unpaired) electrons. The van der Waals surface area contributed by atoms with E-state index < -0.39 is 11.9 Å². The number of alkyl halides is 1. The van der Waals surface area contributed by atoms with Gasteiger partial charge in [-0.25, -0.2) is 4.79 Å². The maximum atomic E-state index is 11.5. The van der Waals surface area contributed by atoms with Crippen LogP contribution in [-0.4, -0.2) is 17.8 Å². The van der Waals surface area contributed by atoms with Crippen molar-refractivity contribution in [1.29, 1.82) is 0 Å². The molecule has 6 heteroatoms. The Morgan fingerprint density at radius 2 is 1.79 bits per heavy atom. The molecule has 2 aromatic carbocycles. The van der Waals surface area contributed by atoms with Gasteiger partial charge in [-0.1, -0.05) is 28.1 Å². The van der Waals surface area contributed by atoms with Crippen LogP contribution in [0.1, 0.15) is 0 Å². The van der Waals surface area contributed by atoms with Crippen LogP contribution in [0.15, 0.2) is 40.9 Å². The number of rotatable bonds is 2. The minimum absolute atomic E-state index is 0.251. The van der Waals surface area contributed by atoms with Gasteiger partial charge in [0, 0.05) is 10.2 Å². The zero-order chi connectivity index (χ0) is 13.8. The van der Waals surface area contributed by atoms with Crippen LogP contribution < -0.4 is 10.6 Å². The molecule has 0 saturated heterocycles. The molecular weight excluding hydrogens is 332 g/mol. The van der Waals surface area contributed by atoms with E-state index in [1.54, 1.807) is 6.07 Å². The van der Waals surface area contributed by atoms with Crippen molar-refractivity contribution >= 4 is 55.9 Å². The fourth-order valence-electron chi connectivity index (χ4n) is 1.62. The normalized spacial score (nSPS) is 10.2. The van der Waals surface area contributed by atoms with Gasteiger partial charge < -0.3 is 5.32 Å². The van der Waals surface area contributed by atoms with Crippen LogP contribution in [0.25, 0.3) is 10.8 Å². The molecule has 0 aliphatic rings. The Balaban J connectivity index is 2.15. The van der Waals surface area contributed by atoms with E-state index in [0.29, 0.717) is 5.69 Å². The molecule has 0 aliphatic carbocycles. The summed E-state index contributed by atoms with van der Waals surface area (Å²) in [6, 6.07) is 10.7. The van der Waals surface area contributed by atoms with E-state index in [4.69, 9.17) is 11.6 Å². The highest BCUT2D eigenvalue weighted by molar-refractivity contribution is 9.10. The number of hydrogen-bond acceptors (Lipinski definition) is 2. The van der Waals surface area contributed by atoms with Gasteiger partial charge in [-0.15, -0.1) is 11.6 Å². The maximum Gasteiger partial charge on any atom is 0.325 e. The van der Waals surface area contributed by atoms with E-state index >= 15 is 0 Å². The van der Waals surface area contributed by atoms with E-state index in [0.717, 1.165) is 15.2 Å². The number of nitrogens with one attached hydrogen (secondary N) is 2. The lowest BCUT2D eigenvalue weighted by molar-refractivity contribution is -0.117. The molecule has 0 aromatic heterocycles. The molecule has 0 aliphatic heterocycles. The largest absolute Gasteiger partial charge is 0.325 e. The standard InChI is InChI=1S/C13H10BrClN2O2/c14-10-3-1-9-6-11(4-2-8(9)5-10)16-13(19)17-12(18)7-15/h1-6H,7H2,(H2,16,17,18,19). The summed E-state index contributed by atoms with van der Waals surface area (Å²) >= 11 is 8.69. The molecule has 2 N–H and O–H groups in total. The smallest absolute Gasteiger partial charge is 0.308 e. The molecule has 2 rings (SSSR count). The van der Waals surface area contributed by atoms with Crippen LogP contribution in [0.4, 0.5) is 10.5 Å². The number of amides is 3. The Kier molecular flexibility index (Phi) is 4.39. The monoisotopic (exact) mass is 340 g/mol. The zero-order valence-electron chi connectivity index (χ0n) is 9.74. The van der Waals surface area contributed by atoms with Crippen molar-refractivity contribution in [2.45, 2.75) is 0 Å². The second kappa shape index (κ2) is 6.04. The highest BCUT2D eigenvalue weighted by Gasteiger charge is 2.06. The molecule has 0 bridgehead atoms. The zero-order valence-corrected chi connectivity index (χ0v) is 12.1. The molecule has 0 fully saturated rings. The van der Waals surface area contributed by atoms with E-state index in [2.05, 4.69) is 26.6 Å². The maximum absolute atomic E-state index is 11.5. The highest BCUT2D eigenvalue weighted by Crippen LogP contribution is 2.22. The molecule has 0 unspecified atom stereocenters. The first-order valence-electron chi connectivity index (χ1n) is 5.44. The number of benzene rings is 2. The Bertz CT molecular complexity index is 646. The number of halogens is 2. The summed E-state index contributed by atoms with van der Waals surface area (Å²) in [7, 11) is 0. The topological polar surface area (TPSA) is 58.2 Å². The van der Waals surface area contributed by atoms with Crippen molar-refractivity contribution in [2.24, 2.45) is 0 Å². The van der Waals surface area contributed by atoms with Crippen LogP contribution in [0.3, 0.4) is 0 Å². The van der Waals surface area contributed by atoms with E-state index in [9.17, 15) is 9.59 Å². The molecular formula is C13H10BrClN2O2. The van der Waals surface area contributed by atoms with Crippen molar-refractivity contribution in [3.05, 3.63) is 40.9 Å². The van der Waals surface area contributed by atoms with Gasteiger partial charge in [-0.05, 0) is 35.0 Å². The minimum Gasteiger partial charge on any atom is -0.308 e. The molecule has 0 atom stereocenters. The second-order valence-electron chi connectivity index (χ2n) is 3.84. The van der Waals surface area contributed by atoms with Gasteiger partial charge in [0.2, 0.25) is 5.91 Å². The number of urea groups is 1. The number of imide groups is 1. The van der Waals surface area contributed by atoms with Crippen molar-refractivity contribution in [2.75, 3.05) is 11.2 Å². The quantitative estimate of drug-likeness (QED) is 0.822. The van der Waals surface area contributed by atoms with Gasteiger partial charge in [0.15, 0.2) is 0 Å². The third kappa shape index (κ3) is 3.68. The van der Waals surface area contributed by atoms with Crippen LogP contribution in [0, 0.1) is 0 Å².